The van der Waals surface area contributed by atoms with E-state index in [-0.39, 0.29) is 18.6 Å². The number of carbonyl (C=O) groups is 2. The summed E-state index contributed by atoms with van der Waals surface area (Å²) >= 11 is 5.99. The summed E-state index contributed by atoms with van der Waals surface area (Å²) in [5, 5.41) is 7.35. The van der Waals surface area contributed by atoms with Crippen molar-refractivity contribution in [3.8, 4) is 0 Å². The molecule has 2 heterocycles. The standard InChI is InChI=1S/C17H17ClN6O3/c1-22(8-14(25)21-13-6-4-3-5-12(13)18)15(26)9-24-10-19-16-11(17(24)27)7-20-23(16)2/h3-7,10H,8-9H2,1-2H3,(H,21,25). The number of carbonyl (C=O) groups excluding carboxylic acids is 2. The number of nitrogens with one attached hydrogen (secondary N) is 1. The van der Waals surface area contributed by atoms with Crippen LogP contribution in [-0.2, 0) is 23.2 Å². The monoisotopic (exact) mass is 388 g/mol. The Balaban J connectivity index is 1.66. The van der Waals surface area contributed by atoms with Crippen molar-refractivity contribution in [2.24, 2.45) is 7.05 Å². The number of para-hydroxylation sites is 1. The lowest BCUT2D eigenvalue weighted by Crippen LogP contribution is -2.38. The second-order valence-corrected chi connectivity index (χ2v) is 6.37. The van der Waals surface area contributed by atoms with Crippen molar-refractivity contribution in [1.29, 1.82) is 0 Å². The second-order valence-electron chi connectivity index (χ2n) is 5.96. The van der Waals surface area contributed by atoms with Crippen molar-refractivity contribution >= 4 is 40.1 Å². The van der Waals surface area contributed by atoms with E-state index in [0.29, 0.717) is 21.7 Å². The van der Waals surface area contributed by atoms with Gasteiger partial charge in [-0.3, -0.25) is 23.6 Å². The second kappa shape index (κ2) is 7.58. The Morgan fingerprint density at radius 1 is 1.30 bits per heavy atom. The number of rotatable bonds is 5. The van der Waals surface area contributed by atoms with Crippen molar-refractivity contribution in [2.45, 2.75) is 6.54 Å². The Hall–Kier alpha value is -3.20. The average Bonchev–Trinajstić information content (AvgIpc) is 3.01. The topological polar surface area (TPSA) is 102 Å². The van der Waals surface area contributed by atoms with Crippen molar-refractivity contribution in [2.75, 3.05) is 18.9 Å². The molecule has 0 aliphatic heterocycles. The molecule has 0 saturated carbocycles. The molecule has 0 radical (unpaired) electrons. The largest absolute Gasteiger partial charge is 0.335 e. The van der Waals surface area contributed by atoms with Gasteiger partial charge in [-0.15, -0.1) is 0 Å². The minimum Gasteiger partial charge on any atom is -0.335 e. The maximum Gasteiger partial charge on any atom is 0.264 e. The molecule has 9 nitrogen and oxygen atoms in total. The highest BCUT2D eigenvalue weighted by Gasteiger charge is 2.16. The minimum atomic E-state index is -0.406. The molecule has 0 spiro atoms. The molecule has 1 N–H and O–H groups in total. The first kappa shape index (κ1) is 18.6. The molecule has 0 fully saturated rings. The van der Waals surface area contributed by atoms with Gasteiger partial charge in [-0.05, 0) is 12.1 Å². The number of halogens is 1. The first-order valence-electron chi connectivity index (χ1n) is 8.02. The maximum atomic E-state index is 12.4. The van der Waals surface area contributed by atoms with Crippen molar-refractivity contribution in [1.82, 2.24) is 24.2 Å². The minimum absolute atomic E-state index is 0.179. The van der Waals surface area contributed by atoms with E-state index < -0.39 is 11.8 Å². The lowest BCUT2D eigenvalue weighted by molar-refractivity contribution is -0.133. The van der Waals surface area contributed by atoms with Gasteiger partial charge in [0.1, 0.15) is 18.3 Å². The summed E-state index contributed by atoms with van der Waals surface area (Å²) in [6, 6.07) is 6.80. The number of fused-ring (bicyclic) bond motifs is 1. The van der Waals surface area contributed by atoms with Crippen LogP contribution in [0.2, 0.25) is 5.02 Å². The molecule has 0 bridgehead atoms. The summed E-state index contributed by atoms with van der Waals surface area (Å²) in [7, 11) is 3.16. The molecule has 0 aliphatic rings. The molecule has 2 aromatic heterocycles. The van der Waals surface area contributed by atoms with Crippen LogP contribution in [0, 0.1) is 0 Å². The number of benzene rings is 1. The van der Waals surface area contributed by atoms with E-state index in [4.69, 9.17) is 11.6 Å². The van der Waals surface area contributed by atoms with Crippen LogP contribution in [0.5, 0.6) is 0 Å². The van der Waals surface area contributed by atoms with Gasteiger partial charge in [0.05, 0.1) is 23.5 Å². The zero-order valence-electron chi connectivity index (χ0n) is 14.7. The van der Waals surface area contributed by atoms with Gasteiger partial charge >= 0.3 is 0 Å². The zero-order valence-corrected chi connectivity index (χ0v) is 15.5. The van der Waals surface area contributed by atoms with E-state index in [1.54, 1.807) is 31.3 Å². The van der Waals surface area contributed by atoms with Crippen molar-refractivity contribution in [3.05, 3.63) is 52.2 Å². The number of nitrogens with zero attached hydrogens (tertiary/aromatic N) is 5. The Morgan fingerprint density at radius 2 is 2.04 bits per heavy atom. The summed E-state index contributed by atoms with van der Waals surface area (Å²) in [4.78, 5) is 42.3. The van der Waals surface area contributed by atoms with Gasteiger partial charge in [0.25, 0.3) is 5.56 Å². The van der Waals surface area contributed by atoms with E-state index in [2.05, 4.69) is 15.4 Å². The van der Waals surface area contributed by atoms with E-state index >= 15 is 0 Å². The number of hydrogen-bond acceptors (Lipinski definition) is 5. The number of aromatic nitrogens is 4. The third-order valence-electron chi connectivity index (χ3n) is 3.98. The molecule has 0 saturated heterocycles. The molecule has 1 aromatic carbocycles. The highest BCUT2D eigenvalue weighted by atomic mass is 35.5. The van der Waals surface area contributed by atoms with Crippen LogP contribution in [0.1, 0.15) is 0 Å². The first-order valence-corrected chi connectivity index (χ1v) is 8.40. The molecule has 27 heavy (non-hydrogen) atoms. The van der Waals surface area contributed by atoms with Crippen LogP contribution < -0.4 is 10.9 Å². The van der Waals surface area contributed by atoms with Crippen LogP contribution >= 0.6 is 11.6 Å². The lowest BCUT2D eigenvalue weighted by Gasteiger charge is -2.17. The van der Waals surface area contributed by atoms with Crippen molar-refractivity contribution in [3.63, 3.8) is 0 Å². The molecule has 10 heteroatoms. The summed E-state index contributed by atoms with van der Waals surface area (Å²) in [6.07, 6.45) is 2.70. The number of amides is 2. The smallest absolute Gasteiger partial charge is 0.264 e. The van der Waals surface area contributed by atoms with Gasteiger partial charge in [-0.1, -0.05) is 23.7 Å². The molecule has 0 aliphatic carbocycles. The van der Waals surface area contributed by atoms with E-state index in [1.165, 1.54) is 33.7 Å². The van der Waals surface area contributed by atoms with E-state index in [0.717, 1.165) is 0 Å². The van der Waals surface area contributed by atoms with Gasteiger partial charge < -0.3 is 10.2 Å². The molecule has 2 amide bonds. The third-order valence-corrected chi connectivity index (χ3v) is 4.31. The molecule has 3 aromatic rings. The van der Waals surface area contributed by atoms with Crippen LogP contribution in [-0.4, -0.2) is 49.6 Å². The SMILES string of the molecule is CN(CC(=O)Nc1ccccc1Cl)C(=O)Cn1cnc2c(cnn2C)c1=O. The summed E-state index contributed by atoms with van der Waals surface area (Å²) < 4.78 is 2.67. The van der Waals surface area contributed by atoms with Gasteiger partial charge in [0, 0.05) is 14.1 Å². The highest BCUT2D eigenvalue weighted by Crippen LogP contribution is 2.20. The first-order chi connectivity index (χ1) is 12.9. The van der Waals surface area contributed by atoms with Gasteiger partial charge in [0.2, 0.25) is 11.8 Å². The van der Waals surface area contributed by atoms with Crippen LogP contribution in [0.4, 0.5) is 5.69 Å². The lowest BCUT2D eigenvalue weighted by atomic mass is 10.3. The number of aryl methyl sites for hydroxylation is 1. The highest BCUT2D eigenvalue weighted by molar-refractivity contribution is 6.33. The Bertz CT molecular complexity index is 1070. The predicted molar refractivity (Wildman–Crippen MR) is 100 cm³/mol. The molecule has 0 unspecified atom stereocenters. The summed E-state index contributed by atoms with van der Waals surface area (Å²) in [5.41, 5.74) is 0.541. The molecular formula is C17H17ClN6O3. The number of hydrogen-bond donors (Lipinski definition) is 1. The Kier molecular flexibility index (Phi) is 5.22. The van der Waals surface area contributed by atoms with E-state index in [9.17, 15) is 14.4 Å². The van der Waals surface area contributed by atoms with Crippen molar-refractivity contribution < 1.29 is 9.59 Å². The summed E-state index contributed by atoms with van der Waals surface area (Å²) in [5.74, 6) is -0.802. The van der Waals surface area contributed by atoms with E-state index in [1.807, 2.05) is 0 Å². The molecule has 140 valence electrons. The normalized spacial score (nSPS) is 10.8. The summed E-state index contributed by atoms with van der Waals surface area (Å²) in [6.45, 7) is -0.409. The Labute approximate surface area is 159 Å². The predicted octanol–water partition coefficient (Wildman–Crippen LogP) is 0.880. The third kappa shape index (κ3) is 3.98. The fourth-order valence-electron chi connectivity index (χ4n) is 2.50. The van der Waals surface area contributed by atoms with Gasteiger partial charge in [-0.2, -0.15) is 5.10 Å². The number of likely N-dealkylation sites (N-methyl/N-ethyl adjacent to an activating group) is 1. The van der Waals surface area contributed by atoms with Gasteiger partial charge in [-0.25, -0.2) is 4.98 Å². The van der Waals surface area contributed by atoms with Crippen LogP contribution in [0.25, 0.3) is 11.0 Å². The molecule has 0 atom stereocenters. The average molecular weight is 389 g/mol. The molecule has 3 rings (SSSR count). The number of anilines is 1. The zero-order chi connectivity index (χ0) is 19.6. The van der Waals surface area contributed by atoms with Crippen LogP contribution in [0.3, 0.4) is 0 Å². The molecular weight excluding hydrogens is 372 g/mol. The Morgan fingerprint density at radius 3 is 2.78 bits per heavy atom. The fourth-order valence-corrected chi connectivity index (χ4v) is 2.68. The quantitative estimate of drug-likeness (QED) is 0.699. The van der Waals surface area contributed by atoms with Crippen LogP contribution in [0.15, 0.2) is 41.6 Å². The van der Waals surface area contributed by atoms with Gasteiger partial charge in [0.15, 0.2) is 5.65 Å². The maximum absolute atomic E-state index is 12.4. The fraction of sp³-hybridized carbons (Fsp3) is 0.235.